The average molecular weight is 342 g/mol. The third-order valence-electron chi connectivity index (χ3n) is 3.65. The predicted molar refractivity (Wildman–Crippen MR) is 85.2 cm³/mol. The third-order valence-corrected chi connectivity index (χ3v) is 3.65. The summed E-state index contributed by atoms with van der Waals surface area (Å²) in [5, 5.41) is 0. The fraction of sp³-hybridized carbons (Fsp3) is 0.438. The number of amides is 1. The summed E-state index contributed by atoms with van der Waals surface area (Å²) in [5.41, 5.74) is 0.897. The summed E-state index contributed by atoms with van der Waals surface area (Å²) in [5.74, 6) is -1.51. The van der Waals surface area contributed by atoms with Gasteiger partial charge >= 0.3 is 12.1 Å². The Bertz CT molecular complexity index is 549. The van der Waals surface area contributed by atoms with Crippen molar-refractivity contribution in [2.24, 2.45) is 5.92 Å². The summed E-state index contributed by atoms with van der Waals surface area (Å²) in [7, 11) is 1.26. The molecular formula is C16H20ClNO5. The zero-order chi connectivity index (χ0) is 15.9. The predicted octanol–water partition coefficient (Wildman–Crippen LogP) is 2.20. The summed E-state index contributed by atoms with van der Waals surface area (Å²) in [6.45, 7) is 0.754. The molecule has 1 fully saturated rings. The Morgan fingerprint density at radius 1 is 1.22 bits per heavy atom. The Morgan fingerprint density at radius 2 is 1.91 bits per heavy atom. The number of carbonyl (C=O) groups excluding carboxylic acids is 3. The van der Waals surface area contributed by atoms with Crippen LogP contribution < -0.4 is 0 Å². The first-order valence-corrected chi connectivity index (χ1v) is 7.18. The molecule has 23 heavy (non-hydrogen) atoms. The fourth-order valence-electron chi connectivity index (χ4n) is 2.36. The van der Waals surface area contributed by atoms with Gasteiger partial charge in [-0.05, 0) is 12.0 Å². The molecule has 0 spiro atoms. The minimum Gasteiger partial charge on any atom is -0.468 e. The normalized spacial score (nSPS) is 17.7. The molecule has 0 saturated carbocycles. The van der Waals surface area contributed by atoms with Crippen molar-refractivity contribution in [3.63, 3.8) is 0 Å². The quantitative estimate of drug-likeness (QED) is 0.622. The van der Waals surface area contributed by atoms with E-state index in [0.29, 0.717) is 6.54 Å². The number of esters is 1. The van der Waals surface area contributed by atoms with Crippen molar-refractivity contribution in [2.75, 3.05) is 20.2 Å². The molecule has 1 amide bonds. The minimum absolute atomic E-state index is 0. The second-order valence-electron chi connectivity index (χ2n) is 5.11. The SMILES string of the molecule is COC(=O)C1CCN(C(=O)OCc2ccccc2)CCC1=O.Cl. The van der Waals surface area contributed by atoms with Gasteiger partial charge in [0.05, 0.1) is 7.11 Å². The molecule has 1 aromatic carbocycles. The Kier molecular flexibility index (Phi) is 7.54. The Morgan fingerprint density at radius 3 is 2.57 bits per heavy atom. The highest BCUT2D eigenvalue weighted by Crippen LogP contribution is 2.17. The van der Waals surface area contributed by atoms with Crippen molar-refractivity contribution < 1.29 is 23.9 Å². The number of benzene rings is 1. The molecule has 1 aliphatic rings. The molecule has 2 rings (SSSR count). The molecule has 1 heterocycles. The van der Waals surface area contributed by atoms with Crippen molar-refractivity contribution in [1.29, 1.82) is 0 Å². The van der Waals surface area contributed by atoms with E-state index >= 15 is 0 Å². The number of likely N-dealkylation sites (tertiary alicyclic amines) is 1. The van der Waals surface area contributed by atoms with Crippen LogP contribution in [-0.2, 0) is 25.7 Å². The molecule has 0 radical (unpaired) electrons. The van der Waals surface area contributed by atoms with E-state index < -0.39 is 18.0 Å². The number of hydrogen-bond acceptors (Lipinski definition) is 5. The summed E-state index contributed by atoms with van der Waals surface area (Å²) in [4.78, 5) is 36.9. The lowest BCUT2D eigenvalue weighted by Gasteiger charge is -2.19. The lowest BCUT2D eigenvalue weighted by Crippen LogP contribution is -2.32. The number of nitrogens with zero attached hydrogens (tertiary/aromatic N) is 1. The summed E-state index contributed by atoms with van der Waals surface area (Å²) in [6, 6.07) is 9.36. The number of carbonyl (C=O) groups is 3. The van der Waals surface area contributed by atoms with Gasteiger partial charge in [-0.3, -0.25) is 9.59 Å². The molecule has 1 aromatic rings. The highest BCUT2D eigenvalue weighted by molar-refractivity contribution is 5.99. The van der Waals surface area contributed by atoms with Crippen LogP contribution >= 0.6 is 12.4 Å². The molecule has 6 nitrogen and oxygen atoms in total. The van der Waals surface area contributed by atoms with Crippen molar-refractivity contribution in [3.8, 4) is 0 Å². The van der Waals surface area contributed by atoms with E-state index in [1.807, 2.05) is 30.3 Å². The van der Waals surface area contributed by atoms with Crippen molar-refractivity contribution >= 4 is 30.3 Å². The molecular weight excluding hydrogens is 322 g/mol. The number of rotatable bonds is 3. The Hall–Kier alpha value is -2.08. The molecule has 7 heteroatoms. The number of methoxy groups -OCH3 is 1. The van der Waals surface area contributed by atoms with Gasteiger partial charge in [0.15, 0.2) is 0 Å². The molecule has 1 atom stereocenters. The van der Waals surface area contributed by atoms with E-state index in [-0.39, 0.29) is 44.2 Å². The fourth-order valence-corrected chi connectivity index (χ4v) is 2.36. The molecule has 0 bridgehead atoms. The van der Waals surface area contributed by atoms with Gasteiger partial charge in [0.2, 0.25) is 0 Å². The number of Topliss-reactive ketones (excluding diaryl/α,β-unsaturated/α-hetero) is 1. The Balaban J connectivity index is 0.00000264. The summed E-state index contributed by atoms with van der Waals surface area (Å²) >= 11 is 0. The van der Waals surface area contributed by atoms with E-state index in [1.54, 1.807) is 0 Å². The standard InChI is InChI=1S/C16H19NO5.ClH/c1-21-15(19)13-7-9-17(10-8-14(13)18)16(20)22-11-12-5-3-2-4-6-12;/h2-6,13H,7-11H2,1H3;1H. The maximum atomic E-state index is 12.1. The van der Waals surface area contributed by atoms with Gasteiger partial charge in [0, 0.05) is 19.5 Å². The van der Waals surface area contributed by atoms with Crippen LogP contribution in [0.25, 0.3) is 0 Å². The van der Waals surface area contributed by atoms with Crippen LogP contribution in [0.5, 0.6) is 0 Å². The monoisotopic (exact) mass is 341 g/mol. The maximum Gasteiger partial charge on any atom is 0.410 e. The number of ketones is 1. The van der Waals surface area contributed by atoms with E-state index in [4.69, 9.17) is 4.74 Å². The molecule has 0 aromatic heterocycles. The first kappa shape index (κ1) is 19.0. The lowest BCUT2D eigenvalue weighted by atomic mass is 10.00. The van der Waals surface area contributed by atoms with Crippen LogP contribution in [0, 0.1) is 5.92 Å². The van der Waals surface area contributed by atoms with E-state index in [9.17, 15) is 14.4 Å². The van der Waals surface area contributed by atoms with Crippen LogP contribution in [0.1, 0.15) is 18.4 Å². The smallest absolute Gasteiger partial charge is 0.410 e. The van der Waals surface area contributed by atoms with Gasteiger partial charge < -0.3 is 14.4 Å². The second-order valence-corrected chi connectivity index (χ2v) is 5.11. The maximum absolute atomic E-state index is 12.1. The van der Waals surface area contributed by atoms with Gasteiger partial charge in [0.1, 0.15) is 18.3 Å². The van der Waals surface area contributed by atoms with Gasteiger partial charge in [-0.25, -0.2) is 4.79 Å². The summed E-state index contributed by atoms with van der Waals surface area (Å²) < 4.78 is 9.86. The van der Waals surface area contributed by atoms with Crippen molar-refractivity contribution in [3.05, 3.63) is 35.9 Å². The van der Waals surface area contributed by atoms with E-state index in [0.717, 1.165) is 5.56 Å². The number of hydrogen-bond donors (Lipinski definition) is 0. The number of ether oxygens (including phenoxy) is 2. The molecule has 1 unspecified atom stereocenters. The zero-order valence-corrected chi connectivity index (χ0v) is 13.7. The van der Waals surface area contributed by atoms with Crippen LogP contribution in [0.15, 0.2) is 30.3 Å². The first-order valence-electron chi connectivity index (χ1n) is 7.18. The van der Waals surface area contributed by atoms with Crippen LogP contribution in [-0.4, -0.2) is 42.9 Å². The first-order chi connectivity index (χ1) is 10.6. The Labute approximate surface area is 141 Å². The van der Waals surface area contributed by atoms with Gasteiger partial charge in [0.25, 0.3) is 0 Å². The molecule has 0 aliphatic carbocycles. The van der Waals surface area contributed by atoms with Gasteiger partial charge in [-0.2, -0.15) is 0 Å². The van der Waals surface area contributed by atoms with Gasteiger partial charge in [-0.15, -0.1) is 12.4 Å². The van der Waals surface area contributed by atoms with E-state index in [2.05, 4.69) is 4.74 Å². The topological polar surface area (TPSA) is 72.9 Å². The minimum atomic E-state index is -0.781. The van der Waals surface area contributed by atoms with Crippen LogP contribution in [0.3, 0.4) is 0 Å². The average Bonchev–Trinajstić information content (AvgIpc) is 2.75. The van der Waals surface area contributed by atoms with Crippen LogP contribution in [0.2, 0.25) is 0 Å². The molecule has 1 aliphatic heterocycles. The van der Waals surface area contributed by atoms with Crippen molar-refractivity contribution in [1.82, 2.24) is 4.90 Å². The second kappa shape index (κ2) is 9.15. The van der Waals surface area contributed by atoms with Gasteiger partial charge in [-0.1, -0.05) is 30.3 Å². The highest BCUT2D eigenvalue weighted by atomic mass is 35.5. The molecule has 1 saturated heterocycles. The highest BCUT2D eigenvalue weighted by Gasteiger charge is 2.32. The third kappa shape index (κ3) is 5.25. The largest absolute Gasteiger partial charge is 0.468 e. The van der Waals surface area contributed by atoms with Crippen molar-refractivity contribution in [2.45, 2.75) is 19.4 Å². The number of halogens is 1. The molecule has 0 N–H and O–H groups in total. The molecule has 126 valence electrons. The lowest BCUT2D eigenvalue weighted by molar-refractivity contribution is -0.149. The summed E-state index contributed by atoms with van der Waals surface area (Å²) in [6.07, 6.45) is -0.0613. The van der Waals surface area contributed by atoms with E-state index in [1.165, 1.54) is 12.0 Å². The van der Waals surface area contributed by atoms with Crippen LogP contribution in [0.4, 0.5) is 4.79 Å². The zero-order valence-electron chi connectivity index (χ0n) is 12.9.